The third-order valence-electron chi connectivity index (χ3n) is 11.8. The zero-order valence-electron chi connectivity index (χ0n) is 33.0. The van der Waals surface area contributed by atoms with Crippen LogP contribution >= 0.6 is 0 Å². The molecular weight excluding hydrogens is 725 g/mol. The number of benzene rings is 10. The van der Waals surface area contributed by atoms with Gasteiger partial charge in [0.1, 0.15) is 0 Å². The van der Waals surface area contributed by atoms with Gasteiger partial charge >= 0.3 is 0 Å². The van der Waals surface area contributed by atoms with Gasteiger partial charge in [-0.15, -0.1) is 0 Å². The van der Waals surface area contributed by atoms with Gasteiger partial charge in [0.05, 0.1) is 11.0 Å². The highest BCUT2D eigenvalue weighted by Gasteiger charge is 2.16. The number of fused-ring (bicyclic) bond motifs is 4. The minimum Gasteiger partial charge on any atom is -0.311 e. The third-order valence-corrected chi connectivity index (χ3v) is 11.8. The van der Waals surface area contributed by atoms with E-state index in [1.165, 1.54) is 77.1 Å². The molecule has 0 saturated carbocycles. The quantitative estimate of drug-likeness (QED) is 0.150. The normalized spacial score (nSPS) is 11.3. The third kappa shape index (κ3) is 6.41. The predicted molar refractivity (Wildman–Crippen MR) is 255 cm³/mol. The lowest BCUT2D eigenvalue weighted by Gasteiger charge is -2.26. The fourth-order valence-electron chi connectivity index (χ4n) is 8.85. The van der Waals surface area contributed by atoms with Gasteiger partial charge in [-0.2, -0.15) is 0 Å². The molecule has 0 aliphatic carbocycles. The van der Waals surface area contributed by atoms with E-state index in [-0.39, 0.29) is 0 Å². The molecule has 0 amide bonds. The number of nitrogens with zero attached hydrogens (tertiary/aromatic N) is 2. The lowest BCUT2D eigenvalue weighted by molar-refractivity contribution is 1.18. The number of aromatic nitrogens is 1. The summed E-state index contributed by atoms with van der Waals surface area (Å²) in [6.45, 7) is 0. The Morgan fingerprint density at radius 3 is 1.32 bits per heavy atom. The molecule has 0 radical (unpaired) electrons. The molecule has 2 nitrogen and oxygen atoms in total. The molecule has 282 valence electrons. The Labute approximate surface area is 350 Å². The number of rotatable bonds is 8. The Hall–Kier alpha value is -7.94. The number of para-hydroxylation sites is 2. The van der Waals surface area contributed by atoms with Crippen LogP contribution in [0.4, 0.5) is 17.1 Å². The van der Waals surface area contributed by atoms with Gasteiger partial charge in [0.2, 0.25) is 0 Å². The van der Waals surface area contributed by atoms with Crippen LogP contribution in [0.2, 0.25) is 0 Å². The summed E-state index contributed by atoms with van der Waals surface area (Å²) in [6, 6.07) is 87.8. The molecule has 0 saturated heterocycles. The Bertz CT molecular complexity index is 3230. The first kappa shape index (κ1) is 35.2. The van der Waals surface area contributed by atoms with Crippen molar-refractivity contribution >= 4 is 49.6 Å². The van der Waals surface area contributed by atoms with Gasteiger partial charge in [0.15, 0.2) is 0 Å². The van der Waals surface area contributed by atoms with Gasteiger partial charge in [-0.05, 0) is 122 Å². The summed E-state index contributed by atoms with van der Waals surface area (Å²) in [7, 11) is 0. The number of hydrogen-bond donors (Lipinski definition) is 0. The van der Waals surface area contributed by atoms with Crippen LogP contribution in [-0.2, 0) is 0 Å². The van der Waals surface area contributed by atoms with E-state index in [1.54, 1.807) is 0 Å². The second-order valence-corrected chi connectivity index (χ2v) is 15.4. The molecule has 0 fully saturated rings. The number of anilines is 3. The highest BCUT2D eigenvalue weighted by atomic mass is 15.1. The molecule has 0 atom stereocenters. The maximum absolute atomic E-state index is 2.38. The average molecular weight is 765 g/mol. The van der Waals surface area contributed by atoms with E-state index < -0.39 is 0 Å². The van der Waals surface area contributed by atoms with E-state index in [2.05, 4.69) is 252 Å². The zero-order valence-corrected chi connectivity index (χ0v) is 33.0. The maximum atomic E-state index is 2.38. The topological polar surface area (TPSA) is 8.17 Å². The van der Waals surface area contributed by atoms with E-state index in [1.807, 2.05) is 0 Å². The molecular formula is C58H40N2. The fraction of sp³-hybridized carbons (Fsp3) is 0. The smallest absolute Gasteiger partial charge is 0.0541 e. The van der Waals surface area contributed by atoms with E-state index in [0.29, 0.717) is 0 Å². The SMILES string of the molecule is c1ccc(-c2ccc(N(c3ccc(-c4cccc(-c5cccc(-n6c7ccccc7c7ccccc76)c5)c4)cc3)c3ccc(-c4cccc5ccccc45)cc3)cc2)cc1. The van der Waals surface area contributed by atoms with Crippen molar-refractivity contribution in [3.63, 3.8) is 0 Å². The summed E-state index contributed by atoms with van der Waals surface area (Å²) >= 11 is 0. The van der Waals surface area contributed by atoms with Crippen molar-refractivity contribution in [3.8, 4) is 50.2 Å². The predicted octanol–water partition coefficient (Wildman–Crippen LogP) is 16.1. The van der Waals surface area contributed by atoms with Crippen LogP contribution in [0.5, 0.6) is 0 Å². The molecule has 0 aliphatic rings. The van der Waals surface area contributed by atoms with Gasteiger partial charge in [0, 0.05) is 33.5 Å². The second-order valence-electron chi connectivity index (χ2n) is 15.4. The van der Waals surface area contributed by atoms with E-state index in [4.69, 9.17) is 0 Å². The first-order valence-corrected chi connectivity index (χ1v) is 20.6. The zero-order chi connectivity index (χ0) is 39.8. The summed E-state index contributed by atoms with van der Waals surface area (Å²) in [5.74, 6) is 0. The van der Waals surface area contributed by atoms with Gasteiger partial charge in [0.25, 0.3) is 0 Å². The summed E-state index contributed by atoms with van der Waals surface area (Å²) in [6.07, 6.45) is 0. The second kappa shape index (κ2) is 15.1. The van der Waals surface area contributed by atoms with Crippen LogP contribution in [-0.4, -0.2) is 4.57 Å². The minimum atomic E-state index is 1.10. The number of hydrogen-bond acceptors (Lipinski definition) is 1. The fourth-order valence-corrected chi connectivity index (χ4v) is 8.85. The lowest BCUT2D eigenvalue weighted by Crippen LogP contribution is -2.09. The molecule has 0 unspecified atom stereocenters. The summed E-state index contributed by atoms with van der Waals surface area (Å²) in [5, 5.41) is 5.05. The van der Waals surface area contributed by atoms with Gasteiger partial charge in [-0.1, -0.05) is 176 Å². The first-order valence-electron chi connectivity index (χ1n) is 20.6. The van der Waals surface area contributed by atoms with Crippen LogP contribution in [0.1, 0.15) is 0 Å². The monoisotopic (exact) mass is 764 g/mol. The summed E-state index contributed by atoms with van der Waals surface area (Å²) < 4.78 is 2.38. The van der Waals surface area contributed by atoms with Crippen molar-refractivity contribution < 1.29 is 0 Å². The van der Waals surface area contributed by atoms with Crippen LogP contribution in [0.3, 0.4) is 0 Å². The molecule has 0 N–H and O–H groups in total. The largest absolute Gasteiger partial charge is 0.311 e. The Balaban J connectivity index is 0.937. The lowest BCUT2D eigenvalue weighted by atomic mass is 9.97. The standard InChI is InChI=1S/C58H40N2/c1-2-13-41(14-3-1)42-27-33-49(34-28-42)59(51-37-31-45(32-38-51)54-24-12-16-44-15-4-5-21-53(44)54)50-35-29-43(30-36-50)46-17-10-18-47(39-46)48-19-11-20-52(40-48)60-57-25-8-6-22-55(57)56-23-7-9-26-58(56)60/h1-40H. The first-order chi connectivity index (χ1) is 29.7. The van der Waals surface area contributed by atoms with Gasteiger partial charge in [-0.3, -0.25) is 0 Å². The molecule has 0 aliphatic heterocycles. The van der Waals surface area contributed by atoms with E-state index in [9.17, 15) is 0 Å². The van der Waals surface area contributed by atoms with Crippen molar-refractivity contribution in [1.29, 1.82) is 0 Å². The Morgan fingerprint density at radius 1 is 0.267 bits per heavy atom. The van der Waals surface area contributed by atoms with Crippen molar-refractivity contribution in [2.24, 2.45) is 0 Å². The maximum Gasteiger partial charge on any atom is 0.0541 e. The van der Waals surface area contributed by atoms with Gasteiger partial charge in [-0.25, -0.2) is 0 Å². The molecule has 60 heavy (non-hydrogen) atoms. The van der Waals surface area contributed by atoms with Crippen LogP contribution < -0.4 is 4.90 Å². The molecule has 0 spiro atoms. The van der Waals surface area contributed by atoms with Crippen LogP contribution in [0.25, 0.3) is 82.8 Å². The highest BCUT2D eigenvalue weighted by molar-refractivity contribution is 6.09. The average Bonchev–Trinajstić information content (AvgIpc) is 3.67. The summed E-state index contributed by atoms with van der Waals surface area (Å²) in [4.78, 5) is 2.35. The molecule has 11 rings (SSSR count). The molecule has 1 heterocycles. The van der Waals surface area contributed by atoms with Crippen molar-refractivity contribution in [2.75, 3.05) is 4.90 Å². The minimum absolute atomic E-state index is 1.10. The molecule has 11 aromatic rings. The molecule has 2 heteroatoms. The van der Waals surface area contributed by atoms with Crippen LogP contribution in [0, 0.1) is 0 Å². The van der Waals surface area contributed by atoms with E-state index in [0.717, 1.165) is 22.7 Å². The highest BCUT2D eigenvalue weighted by Crippen LogP contribution is 2.39. The summed E-state index contributed by atoms with van der Waals surface area (Å²) in [5.41, 5.74) is 16.4. The molecule has 1 aromatic heterocycles. The van der Waals surface area contributed by atoms with Crippen molar-refractivity contribution in [2.45, 2.75) is 0 Å². The van der Waals surface area contributed by atoms with Crippen molar-refractivity contribution in [3.05, 3.63) is 243 Å². The molecule has 10 aromatic carbocycles. The van der Waals surface area contributed by atoms with Crippen molar-refractivity contribution in [1.82, 2.24) is 4.57 Å². The van der Waals surface area contributed by atoms with Crippen LogP contribution in [0.15, 0.2) is 243 Å². The van der Waals surface area contributed by atoms with E-state index >= 15 is 0 Å². The van der Waals surface area contributed by atoms with Gasteiger partial charge < -0.3 is 9.47 Å². The molecule has 0 bridgehead atoms. The Morgan fingerprint density at radius 2 is 0.683 bits per heavy atom. The Kier molecular flexibility index (Phi) is 8.87.